The Balaban J connectivity index is 2.87. The lowest BCUT2D eigenvalue weighted by atomic mass is 10.2. The number of carbonyl (C=O) groups is 1. The van der Waals surface area contributed by atoms with Crippen LogP contribution in [0.4, 0.5) is 13.2 Å². The Kier molecular flexibility index (Phi) is 4.58. The van der Waals surface area contributed by atoms with E-state index in [1.54, 1.807) is 0 Å². The molecule has 0 aliphatic heterocycles. The van der Waals surface area contributed by atoms with Crippen LogP contribution in [0.1, 0.15) is 12.0 Å². The monoisotopic (exact) mass is 306 g/mol. The molecule has 0 radical (unpaired) electrons. The highest BCUT2D eigenvalue weighted by Crippen LogP contribution is 2.27. The molecule has 1 rings (SSSR count). The highest BCUT2D eigenvalue weighted by molar-refractivity contribution is 9.10. The van der Waals surface area contributed by atoms with Gasteiger partial charge in [0.15, 0.2) is 0 Å². The van der Waals surface area contributed by atoms with Gasteiger partial charge in [-0.05, 0) is 34.1 Å². The number of hydrogen-bond donors (Lipinski definition) is 0. The van der Waals surface area contributed by atoms with E-state index in [1.807, 2.05) is 0 Å². The third-order valence-electron chi connectivity index (χ3n) is 1.58. The zero-order chi connectivity index (χ0) is 12.9. The Morgan fingerprint density at radius 2 is 2.12 bits per heavy atom. The van der Waals surface area contributed by atoms with Gasteiger partial charge in [-0.3, -0.25) is 0 Å². The van der Waals surface area contributed by atoms with Gasteiger partial charge in [-0.15, -0.1) is 13.2 Å². The molecule has 0 saturated heterocycles. The predicted octanol–water partition coefficient (Wildman–Crippen LogP) is 3.29. The van der Waals surface area contributed by atoms with Crippen LogP contribution in [0.15, 0.2) is 22.7 Å². The second-order valence-electron chi connectivity index (χ2n) is 2.86. The van der Waals surface area contributed by atoms with Crippen molar-refractivity contribution in [2.24, 2.45) is 0 Å². The van der Waals surface area contributed by atoms with E-state index in [1.165, 1.54) is 12.1 Å². The van der Waals surface area contributed by atoms with Crippen molar-refractivity contribution in [3.8, 4) is 17.6 Å². The van der Waals surface area contributed by atoms with E-state index >= 15 is 0 Å². The maximum absolute atomic E-state index is 11.9. The number of carbonyl (C=O) groups excluding carboxylic acids is 1. The van der Waals surface area contributed by atoms with Gasteiger partial charge in [0.1, 0.15) is 12.0 Å². The summed E-state index contributed by atoms with van der Waals surface area (Å²) in [5.74, 6) is 4.86. The molecule has 0 fully saturated rings. The molecule has 0 bridgehead atoms. The third kappa shape index (κ3) is 4.91. The van der Waals surface area contributed by atoms with Crippen LogP contribution in [0.2, 0.25) is 0 Å². The summed E-state index contributed by atoms with van der Waals surface area (Å²) in [7, 11) is 0. The molecule has 1 aromatic carbocycles. The normalized spacial score (nSPS) is 10.4. The molecule has 6 heteroatoms. The standard InChI is InChI=1S/C11H6BrF3O2/c12-10-7-9(17-11(13,14)15)5-4-8(10)3-1-2-6-16/h4-7H,2H2. The molecule has 0 aliphatic carbocycles. The molecular weight excluding hydrogens is 301 g/mol. The Labute approximate surface area is 104 Å². The molecular formula is C11H6BrF3O2. The highest BCUT2D eigenvalue weighted by Gasteiger charge is 2.31. The van der Waals surface area contributed by atoms with Crippen LogP contribution >= 0.6 is 15.9 Å². The van der Waals surface area contributed by atoms with E-state index in [9.17, 15) is 18.0 Å². The molecule has 0 saturated carbocycles. The molecule has 90 valence electrons. The van der Waals surface area contributed by atoms with E-state index in [0.29, 0.717) is 16.3 Å². The summed E-state index contributed by atoms with van der Waals surface area (Å²) in [6.45, 7) is 0. The van der Waals surface area contributed by atoms with Crippen molar-refractivity contribution in [3.63, 3.8) is 0 Å². The lowest BCUT2D eigenvalue weighted by Crippen LogP contribution is -2.17. The molecule has 0 N–H and O–H groups in total. The van der Waals surface area contributed by atoms with Crippen LogP contribution in [0.25, 0.3) is 0 Å². The smallest absolute Gasteiger partial charge is 0.406 e. The Bertz CT molecular complexity index is 472. The second-order valence-corrected chi connectivity index (χ2v) is 3.72. The molecule has 0 spiro atoms. The number of alkyl halides is 3. The average molecular weight is 307 g/mol. The maximum atomic E-state index is 11.9. The number of aldehydes is 1. The van der Waals surface area contributed by atoms with Gasteiger partial charge in [0.05, 0.1) is 6.42 Å². The van der Waals surface area contributed by atoms with E-state index in [0.717, 1.165) is 6.07 Å². The van der Waals surface area contributed by atoms with Crippen molar-refractivity contribution in [2.75, 3.05) is 0 Å². The van der Waals surface area contributed by atoms with Gasteiger partial charge in [0.2, 0.25) is 0 Å². The lowest BCUT2D eigenvalue weighted by Gasteiger charge is -2.09. The Morgan fingerprint density at radius 3 is 2.65 bits per heavy atom. The summed E-state index contributed by atoms with van der Waals surface area (Å²) in [6, 6.07) is 3.70. The van der Waals surface area contributed by atoms with E-state index in [4.69, 9.17) is 0 Å². The van der Waals surface area contributed by atoms with Gasteiger partial charge in [-0.1, -0.05) is 11.8 Å². The molecule has 17 heavy (non-hydrogen) atoms. The predicted molar refractivity (Wildman–Crippen MR) is 58.4 cm³/mol. The Hall–Kier alpha value is -1.48. The first-order chi connectivity index (χ1) is 7.92. The molecule has 0 aliphatic rings. The van der Waals surface area contributed by atoms with Crippen molar-refractivity contribution < 1.29 is 22.7 Å². The van der Waals surface area contributed by atoms with Gasteiger partial charge in [0, 0.05) is 10.0 Å². The number of benzene rings is 1. The fourth-order valence-electron chi connectivity index (χ4n) is 0.982. The molecule has 0 aromatic heterocycles. The molecule has 0 unspecified atom stereocenters. The minimum atomic E-state index is -4.72. The summed E-state index contributed by atoms with van der Waals surface area (Å²) < 4.78 is 39.9. The first-order valence-electron chi connectivity index (χ1n) is 4.40. The maximum Gasteiger partial charge on any atom is 0.573 e. The van der Waals surface area contributed by atoms with E-state index in [-0.39, 0.29) is 12.2 Å². The van der Waals surface area contributed by atoms with Gasteiger partial charge in [-0.25, -0.2) is 0 Å². The highest BCUT2D eigenvalue weighted by atomic mass is 79.9. The lowest BCUT2D eigenvalue weighted by molar-refractivity contribution is -0.274. The minimum absolute atomic E-state index is 0.0766. The first-order valence-corrected chi connectivity index (χ1v) is 5.19. The van der Waals surface area contributed by atoms with Crippen molar-refractivity contribution in [1.29, 1.82) is 0 Å². The fraction of sp³-hybridized carbons (Fsp3) is 0.182. The summed E-state index contributed by atoms with van der Waals surface area (Å²) >= 11 is 3.07. The third-order valence-corrected chi connectivity index (χ3v) is 2.24. The molecule has 0 atom stereocenters. The van der Waals surface area contributed by atoms with Gasteiger partial charge in [0.25, 0.3) is 0 Å². The van der Waals surface area contributed by atoms with Crippen LogP contribution in [-0.2, 0) is 4.79 Å². The van der Waals surface area contributed by atoms with Crippen molar-refractivity contribution in [2.45, 2.75) is 12.8 Å². The SMILES string of the molecule is O=CCC#Cc1ccc(OC(F)(F)F)cc1Br. The summed E-state index contributed by atoms with van der Waals surface area (Å²) in [5.41, 5.74) is 0.487. The number of halogens is 4. The van der Waals surface area contributed by atoms with Crippen LogP contribution in [0.3, 0.4) is 0 Å². The summed E-state index contributed by atoms with van der Waals surface area (Å²) in [6.07, 6.45) is -4.00. The zero-order valence-corrected chi connectivity index (χ0v) is 9.93. The van der Waals surface area contributed by atoms with Crippen molar-refractivity contribution >= 4 is 22.2 Å². The summed E-state index contributed by atoms with van der Waals surface area (Å²) in [4.78, 5) is 10.0. The largest absolute Gasteiger partial charge is 0.573 e. The van der Waals surface area contributed by atoms with Gasteiger partial charge >= 0.3 is 6.36 Å². The average Bonchev–Trinajstić information content (AvgIpc) is 2.19. The zero-order valence-electron chi connectivity index (χ0n) is 8.34. The van der Waals surface area contributed by atoms with Crippen LogP contribution in [0, 0.1) is 11.8 Å². The molecule has 0 heterocycles. The van der Waals surface area contributed by atoms with E-state index in [2.05, 4.69) is 32.5 Å². The van der Waals surface area contributed by atoms with Crippen LogP contribution in [0.5, 0.6) is 5.75 Å². The Morgan fingerprint density at radius 1 is 1.41 bits per heavy atom. The minimum Gasteiger partial charge on any atom is -0.406 e. The molecule has 1 aromatic rings. The quantitative estimate of drug-likeness (QED) is 0.619. The van der Waals surface area contributed by atoms with Crippen molar-refractivity contribution in [3.05, 3.63) is 28.2 Å². The van der Waals surface area contributed by atoms with Crippen LogP contribution < -0.4 is 4.74 Å². The fourth-order valence-corrected chi connectivity index (χ4v) is 1.44. The summed E-state index contributed by atoms with van der Waals surface area (Å²) in [5, 5.41) is 0. The number of rotatable bonds is 2. The molecule has 2 nitrogen and oxygen atoms in total. The van der Waals surface area contributed by atoms with E-state index < -0.39 is 6.36 Å². The topological polar surface area (TPSA) is 26.3 Å². The van der Waals surface area contributed by atoms with Gasteiger partial charge in [-0.2, -0.15) is 0 Å². The number of ether oxygens (including phenoxy) is 1. The molecule has 0 amide bonds. The first kappa shape index (κ1) is 13.6. The van der Waals surface area contributed by atoms with Gasteiger partial charge < -0.3 is 9.53 Å². The van der Waals surface area contributed by atoms with Crippen LogP contribution in [-0.4, -0.2) is 12.6 Å². The number of hydrogen-bond acceptors (Lipinski definition) is 2. The second kappa shape index (κ2) is 5.73. The van der Waals surface area contributed by atoms with Crippen molar-refractivity contribution in [1.82, 2.24) is 0 Å².